The summed E-state index contributed by atoms with van der Waals surface area (Å²) < 4.78 is 0. The molecule has 0 aliphatic heterocycles. The molecule has 2 amide bonds. The van der Waals surface area contributed by atoms with Gasteiger partial charge in [-0.05, 0) is 25.3 Å². The van der Waals surface area contributed by atoms with Crippen molar-refractivity contribution in [2.45, 2.75) is 26.3 Å². The Morgan fingerprint density at radius 1 is 1.50 bits per heavy atom. The Labute approximate surface area is 99.0 Å². The van der Waals surface area contributed by atoms with Gasteiger partial charge in [0.05, 0.1) is 6.42 Å². The predicted octanol–water partition coefficient (Wildman–Crippen LogP) is 0.931. The minimum Gasteiger partial charge on any atom is -0.355 e. The summed E-state index contributed by atoms with van der Waals surface area (Å²) in [5, 5.41) is 7.24. The van der Waals surface area contributed by atoms with Gasteiger partial charge in [0.15, 0.2) is 0 Å². The van der Waals surface area contributed by atoms with E-state index in [0.29, 0.717) is 13.0 Å². The van der Waals surface area contributed by atoms with E-state index in [4.69, 9.17) is 0 Å². The second kappa shape index (κ2) is 6.27. The van der Waals surface area contributed by atoms with Gasteiger partial charge in [0.25, 0.3) is 0 Å². The number of rotatable bonds is 5. The minimum atomic E-state index is -0.479. The van der Waals surface area contributed by atoms with Gasteiger partial charge in [0, 0.05) is 11.4 Å². The summed E-state index contributed by atoms with van der Waals surface area (Å²) >= 11 is 1.54. The molecule has 1 aromatic heterocycles. The molecule has 0 radical (unpaired) electrons. The van der Waals surface area contributed by atoms with Crippen LogP contribution in [0.5, 0.6) is 0 Å². The lowest BCUT2D eigenvalue weighted by atomic mass is 10.2. The lowest BCUT2D eigenvalue weighted by Crippen LogP contribution is -2.45. The van der Waals surface area contributed by atoms with Crippen molar-refractivity contribution < 1.29 is 9.59 Å². The highest BCUT2D eigenvalue weighted by atomic mass is 32.1. The average molecular weight is 240 g/mol. The fourth-order valence-electron chi connectivity index (χ4n) is 1.26. The third-order valence-corrected chi connectivity index (χ3v) is 2.91. The molecule has 0 saturated carbocycles. The van der Waals surface area contributed by atoms with Gasteiger partial charge >= 0.3 is 0 Å². The Bertz CT molecular complexity index is 349. The molecular weight excluding hydrogens is 224 g/mol. The first-order chi connectivity index (χ1) is 7.63. The number of carbonyl (C=O) groups is 2. The number of amides is 2. The van der Waals surface area contributed by atoms with Crippen molar-refractivity contribution >= 4 is 23.2 Å². The third kappa shape index (κ3) is 4.02. The summed E-state index contributed by atoms with van der Waals surface area (Å²) in [5.74, 6) is -0.275. The Balaban J connectivity index is 2.36. The molecule has 0 aliphatic carbocycles. The van der Waals surface area contributed by atoms with Gasteiger partial charge in [-0.15, -0.1) is 11.3 Å². The van der Waals surface area contributed by atoms with E-state index in [1.165, 1.54) is 11.3 Å². The van der Waals surface area contributed by atoms with Crippen LogP contribution in [0.2, 0.25) is 0 Å². The highest BCUT2D eigenvalue weighted by molar-refractivity contribution is 7.10. The number of thiophene rings is 1. The monoisotopic (exact) mass is 240 g/mol. The number of nitrogens with one attached hydrogen (secondary N) is 2. The van der Waals surface area contributed by atoms with Crippen LogP contribution in [0.25, 0.3) is 0 Å². The highest BCUT2D eigenvalue weighted by Gasteiger charge is 2.14. The van der Waals surface area contributed by atoms with E-state index < -0.39 is 6.04 Å². The van der Waals surface area contributed by atoms with E-state index in [9.17, 15) is 9.59 Å². The van der Waals surface area contributed by atoms with Crippen molar-refractivity contribution in [2.75, 3.05) is 6.54 Å². The topological polar surface area (TPSA) is 58.2 Å². The Hall–Kier alpha value is -1.36. The first-order valence-electron chi connectivity index (χ1n) is 5.23. The summed E-state index contributed by atoms with van der Waals surface area (Å²) in [6.07, 6.45) is 0.335. The summed E-state index contributed by atoms with van der Waals surface area (Å²) in [6.45, 7) is 4.10. The van der Waals surface area contributed by atoms with Gasteiger partial charge in [0.2, 0.25) is 11.8 Å². The molecule has 4 nitrogen and oxygen atoms in total. The van der Waals surface area contributed by atoms with Gasteiger partial charge < -0.3 is 10.6 Å². The van der Waals surface area contributed by atoms with Crippen molar-refractivity contribution in [3.05, 3.63) is 22.4 Å². The molecule has 0 aromatic carbocycles. The molecule has 0 aliphatic rings. The summed E-state index contributed by atoms with van der Waals surface area (Å²) in [5.41, 5.74) is 0. The van der Waals surface area contributed by atoms with E-state index >= 15 is 0 Å². The van der Waals surface area contributed by atoms with Gasteiger partial charge in [-0.1, -0.05) is 6.07 Å². The normalized spacial score (nSPS) is 11.9. The molecule has 0 saturated heterocycles. The van der Waals surface area contributed by atoms with Crippen LogP contribution < -0.4 is 10.6 Å². The zero-order valence-corrected chi connectivity index (χ0v) is 10.3. The fraction of sp³-hybridized carbons (Fsp3) is 0.455. The van der Waals surface area contributed by atoms with Crippen molar-refractivity contribution in [1.82, 2.24) is 10.6 Å². The maximum absolute atomic E-state index is 11.5. The molecule has 1 aromatic rings. The Morgan fingerprint density at radius 3 is 2.81 bits per heavy atom. The van der Waals surface area contributed by atoms with Crippen molar-refractivity contribution in [3.63, 3.8) is 0 Å². The smallest absolute Gasteiger partial charge is 0.242 e. The number of likely N-dealkylation sites (N-methyl/N-ethyl adjacent to an activating group) is 1. The molecule has 0 fully saturated rings. The van der Waals surface area contributed by atoms with Crippen LogP contribution >= 0.6 is 11.3 Å². The molecule has 5 heteroatoms. The van der Waals surface area contributed by atoms with Crippen LogP contribution in [0.3, 0.4) is 0 Å². The largest absolute Gasteiger partial charge is 0.355 e. The van der Waals surface area contributed by atoms with Crippen LogP contribution in [-0.2, 0) is 16.0 Å². The molecule has 88 valence electrons. The van der Waals surface area contributed by atoms with Gasteiger partial charge in [0.1, 0.15) is 6.04 Å². The zero-order chi connectivity index (χ0) is 12.0. The summed E-state index contributed by atoms with van der Waals surface area (Å²) in [6, 6.07) is 3.33. The lowest BCUT2D eigenvalue weighted by Gasteiger charge is -2.12. The van der Waals surface area contributed by atoms with E-state index in [1.54, 1.807) is 6.92 Å². The lowest BCUT2D eigenvalue weighted by molar-refractivity contribution is -0.128. The molecule has 0 bridgehead atoms. The van der Waals surface area contributed by atoms with Crippen LogP contribution in [0, 0.1) is 0 Å². The minimum absolute atomic E-state index is 0.124. The van der Waals surface area contributed by atoms with Crippen LogP contribution in [-0.4, -0.2) is 24.4 Å². The predicted molar refractivity (Wildman–Crippen MR) is 64.3 cm³/mol. The van der Waals surface area contributed by atoms with Gasteiger partial charge in [-0.2, -0.15) is 0 Å². The Kier molecular flexibility index (Phi) is 4.98. The standard InChI is InChI=1S/C11H16N2O2S/c1-3-12-11(15)8(2)13-10(14)7-9-5-4-6-16-9/h4-6,8H,3,7H2,1-2H3,(H,12,15)(H,13,14)/t8-/m1/s1. The molecule has 1 atom stereocenters. The van der Waals surface area contributed by atoms with Crippen molar-refractivity contribution in [1.29, 1.82) is 0 Å². The molecular formula is C11H16N2O2S. The maximum atomic E-state index is 11.5. The second-order valence-corrected chi connectivity index (χ2v) is 4.47. The van der Waals surface area contributed by atoms with Crippen LogP contribution in [0.15, 0.2) is 17.5 Å². The van der Waals surface area contributed by atoms with E-state index in [-0.39, 0.29) is 11.8 Å². The maximum Gasteiger partial charge on any atom is 0.242 e. The fourth-order valence-corrected chi connectivity index (χ4v) is 1.96. The van der Waals surface area contributed by atoms with Crippen LogP contribution in [0.1, 0.15) is 18.7 Å². The quantitative estimate of drug-likeness (QED) is 0.804. The van der Waals surface area contributed by atoms with E-state index in [1.807, 2.05) is 24.4 Å². The number of carbonyl (C=O) groups excluding carboxylic acids is 2. The summed E-state index contributed by atoms with van der Waals surface area (Å²) in [4.78, 5) is 23.9. The second-order valence-electron chi connectivity index (χ2n) is 3.44. The van der Waals surface area contributed by atoms with E-state index in [2.05, 4.69) is 10.6 Å². The molecule has 1 rings (SSSR count). The highest BCUT2D eigenvalue weighted by Crippen LogP contribution is 2.08. The third-order valence-electron chi connectivity index (χ3n) is 2.04. The van der Waals surface area contributed by atoms with Gasteiger partial charge in [-0.25, -0.2) is 0 Å². The van der Waals surface area contributed by atoms with Crippen molar-refractivity contribution in [3.8, 4) is 0 Å². The molecule has 16 heavy (non-hydrogen) atoms. The molecule has 1 heterocycles. The van der Waals surface area contributed by atoms with E-state index in [0.717, 1.165) is 4.88 Å². The average Bonchev–Trinajstić information content (AvgIpc) is 2.70. The first kappa shape index (κ1) is 12.7. The SMILES string of the molecule is CCNC(=O)[C@@H](C)NC(=O)Cc1cccs1. The van der Waals surface area contributed by atoms with Crippen molar-refractivity contribution in [2.24, 2.45) is 0 Å². The first-order valence-corrected chi connectivity index (χ1v) is 6.11. The summed E-state index contributed by atoms with van der Waals surface area (Å²) in [7, 11) is 0. The molecule has 0 spiro atoms. The Morgan fingerprint density at radius 2 is 2.25 bits per heavy atom. The molecule has 2 N–H and O–H groups in total. The van der Waals surface area contributed by atoms with Gasteiger partial charge in [-0.3, -0.25) is 9.59 Å². The molecule has 0 unspecified atom stereocenters. The zero-order valence-electron chi connectivity index (χ0n) is 9.45. The number of hydrogen-bond acceptors (Lipinski definition) is 3. The number of hydrogen-bond donors (Lipinski definition) is 2. The van der Waals surface area contributed by atoms with Crippen LogP contribution in [0.4, 0.5) is 0 Å².